The van der Waals surface area contributed by atoms with E-state index in [2.05, 4.69) is 82.0 Å². The molecule has 2 aromatic rings. The van der Waals surface area contributed by atoms with Crippen molar-refractivity contribution in [3.05, 3.63) is 123 Å². The second-order valence-electron chi connectivity index (χ2n) is 10.5. The van der Waals surface area contributed by atoms with Gasteiger partial charge in [-0.05, 0) is 95.6 Å². The van der Waals surface area contributed by atoms with Gasteiger partial charge in [0.15, 0.2) is 0 Å². The molecule has 2 atom stereocenters. The zero-order valence-corrected chi connectivity index (χ0v) is 21.2. The third-order valence-corrected chi connectivity index (χ3v) is 8.20. The predicted octanol–water partition coefficient (Wildman–Crippen LogP) is 9.09. The van der Waals surface area contributed by atoms with Gasteiger partial charge in [0.05, 0.1) is 0 Å². The number of rotatable bonds is 6. The quantitative estimate of drug-likeness (QED) is 0.415. The molecule has 34 heavy (non-hydrogen) atoms. The van der Waals surface area contributed by atoms with E-state index in [-0.39, 0.29) is 0 Å². The summed E-state index contributed by atoms with van der Waals surface area (Å²) in [5, 5.41) is 0. The van der Waals surface area contributed by atoms with Crippen LogP contribution in [0.15, 0.2) is 95.1 Å². The molecule has 0 aliphatic heterocycles. The second kappa shape index (κ2) is 9.41. The Labute approximate surface area is 206 Å². The number of fused-ring (bicyclic) bond motifs is 2. The molecule has 2 unspecified atom stereocenters. The molecule has 0 bridgehead atoms. The van der Waals surface area contributed by atoms with Gasteiger partial charge >= 0.3 is 0 Å². The molecule has 0 heterocycles. The summed E-state index contributed by atoms with van der Waals surface area (Å²) in [6.45, 7) is 16.0. The summed E-state index contributed by atoms with van der Waals surface area (Å²) in [6.07, 6.45) is 12.9. The molecule has 3 aliphatic rings. The van der Waals surface area contributed by atoms with E-state index in [4.69, 9.17) is 6.58 Å². The molecule has 0 aromatic heterocycles. The average molecular weight is 447 g/mol. The molecular weight excluding hydrogens is 408 g/mol. The van der Waals surface area contributed by atoms with E-state index in [0.29, 0.717) is 11.8 Å². The maximum atomic E-state index is 4.70. The first-order valence-corrected chi connectivity index (χ1v) is 13.2. The van der Waals surface area contributed by atoms with Crippen molar-refractivity contribution in [2.45, 2.75) is 71.6 Å². The van der Waals surface area contributed by atoms with Crippen LogP contribution in [0.1, 0.15) is 80.2 Å². The Balaban J connectivity index is 1.55. The Hall–Kier alpha value is -2.86. The molecule has 1 saturated carbocycles. The van der Waals surface area contributed by atoms with Gasteiger partial charge in [-0.1, -0.05) is 99.2 Å². The molecule has 3 aliphatic carbocycles. The Morgan fingerprint density at radius 2 is 1.76 bits per heavy atom. The van der Waals surface area contributed by atoms with E-state index >= 15 is 0 Å². The van der Waals surface area contributed by atoms with Gasteiger partial charge in [-0.15, -0.1) is 0 Å². The lowest BCUT2D eigenvalue weighted by atomic mass is 9.69. The van der Waals surface area contributed by atoms with Crippen LogP contribution in [0.4, 0.5) is 0 Å². The van der Waals surface area contributed by atoms with Crippen molar-refractivity contribution in [3.8, 4) is 0 Å². The van der Waals surface area contributed by atoms with Gasteiger partial charge in [-0.3, -0.25) is 0 Å². The smallest absolute Gasteiger partial charge is 0.0201 e. The van der Waals surface area contributed by atoms with Gasteiger partial charge in [0, 0.05) is 11.8 Å². The highest BCUT2D eigenvalue weighted by Gasteiger charge is 2.40. The Morgan fingerprint density at radius 1 is 1.00 bits per heavy atom. The first-order chi connectivity index (χ1) is 16.5. The van der Waals surface area contributed by atoms with E-state index in [9.17, 15) is 0 Å². The summed E-state index contributed by atoms with van der Waals surface area (Å²) in [6, 6.07) is 16.4. The van der Waals surface area contributed by atoms with Gasteiger partial charge in [0.25, 0.3) is 0 Å². The van der Waals surface area contributed by atoms with Crippen molar-refractivity contribution >= 4 is 6.08 Å². The molecule has 0 nitrogen and oxygen atoms in total. The zero-order valence-electron chi connectivity index (χ0n) is 21.2. The van der Waals surface area contributed by atoms with E-state index in [1.165, 1.54) is 69.4 Å². The van der Waals surface area contributed by atoms with Crippen LogP contribution >= 0.6 is 0 Å². The van der Waals surface area contributed by atoms with Crippen LogP contribution in [0.3, 0.4) is 0 Å². The van der Waals surface area contributed by atoms with Crippen LogP contribution in [0.5, 0.6) is 0 Å². The lowest BCUT2D eigenvalue weighted by Crippen LogP contribution is -2.21. The lowest BCUT2D eigenvalue weighted by Gasteiger charge is -2.34. The third-order valence-electron chi connectivity index (χ3n) is 8.20. The fraction of sp³-hybridized carbons (Fsp3) is 0.353. The number of aryl methyl sites for hydroxylation is 3. The minimum atomic E-state index is 0.309. The largest absolute Gasteiger partial charge is 0.0955 e. The minimum Gasteiger partial charge on any atom is -0.0955 e. The van der Waals surface area contributed by atoms with Gasteiger partial charge in [0.1, 0.15) is 0 Å². The molecule has 0 saturated heterocycles. The zero-order chi connectivity index (χ0) is 23.8. The van der Waals surface area contributed by atoms with E-state index < -0.39 is 0 Å². The average Bonchev–Trinajstić information content (AvgIpc) is 3.42. The Morgan fingerprint density at radius 3 is 2.50 bits per heavy atom. The standard InChI is InChI=1S/C34H38/c1-6-9-22(3)32-23(4)18-31-21-30(20-26-14-15-27-10-8-11-29(27)19-26)24(5)33(31)34(32)28-16-12-25(7-2)13-17-28/h12-20,33-34H,3,5-11,21H2,1-2,4H3/b30-20-. The highest BCUT2D eigenvalue weighted by Crippen LogP contribution is 2.55. The normalized spacial score (nSPS) is 22.7. The van der Waals surface area contributed by atoms with Crippen molar-refractivity contribution in [2.24, 2.45) is 5.92 Å². The second-order valence-corrected chi connectivity index (χ2v) is 10.5. The summed E-state index contributed by atoms with van der Waals surface area (Å²) in [5.74, 6) is 0.642. The SMILES string of the molecule is C=C(CCC)C1=C(C)C=C2C/C(=C/c3ccc4c(c3)CCC4)C(=C)C2C1c1ccc(CC)cc1. The summed E-state index contributed by atoms with van der Waals surface area (Å²) < 4.78 is 0. The van der Waals surface area contributed by atoms with Crippen molar-refractivity contribution in [3.63, 3.8) is 0 Å². The Bertz CT molecular complexity index is 1230. The fourth-order valence-corrected chi connectivity index (χ4v) is 6.47. The molecular formula is C34H38. The van der Waals surface area contributed by atoms with Gasteiger partial charge in [0.2, 0.25) is 0 Å². The molecule has 0 radical (unpaired) electrons. The fourth-order valence-electron chi connectivity index (χ4n) is 6.47. The molecule has 2 aromatic carbocycles. The monoisotopic (exact) mass is 446 g/mol. The summed E-state index contributed by atoms with van der Waals surface area (Å²) >= 11 is 0. The first kappa shape index (κ1) is 22.9. The maximum Gasteiger partial charge on any atom is 0.0201 e. The summed E-state index contributed by atoms with van der Waals surface area (Å²) in [5.41, 5.74) is 15.6. The highest BCUT2D eigenvalue weighted by molar-refractivity contribution is 5.68. The highest BCUT2D eigenvalue weighted by atomic mass is 14.4. The molecule has 174 valence electrons. The van der Waals surface area contributed by atoms with Crippen LogP contribution < -0.4 is 0 Å². The molecule has 1 fully saturated rings. The molecule has 0 spiro atoms. The van der Waals surface area contributed by atoms with Crippen molar-refractivity contribution in [1.82, 2.24) is 0 Å². The minimum absolute atomic E-state index is 0.309. The van der Waals surface area contributed by atoms with E-state index in [1.54, 1.807) is 11.1 Å². The number of hydrogen-bond acceptors (Lipinski definition) is 0. The van der Waals surface area contributed by atoms with Crippen molar-refractivity contribution in [1.29, 1.82) is 0 Å². The van der Waals surface area contributed by atoms with Gasteiger partial charge in [-0.2, -0.15) is 0 Å². The number of allylic oxidation sites excluding steroid dienone is 7. The maximum absolute atomic E-state index is 4.70. The first-order valence-electron chi connectivity index (χ1n) is 13.2. The topological polar surface area (TPSA) is 0 Å². The van der Waals surface area contributed by atoms with E-state index in [1.807, 2.05) is 0 Å². The number of benzene rings is 2. The lowest BCUT2D eigenvalue weighted by molar-refractivity contribution is 0.619. The third kappa shape index (κ3) is 4.09. The summed E-state index contributed by atoms with van der Waals surface area (Å²) in [7, 11) is 0. The van der Waals surface area contributed by atoms with Crippen LogP contribution in [0.2, 0.25) is 0 Å². The van der Waals surface area contributed by atoms with Crippen LogP contribution in [-0.4, -0.2) is 0 Å². The van der Waals surface area contributed by atoms with E-state index in [0.717, 1.165) is 25.7 Å². The summed E-state index contributed by atoms with van der Waals surface area (Å²) in [4.78, 5) is 0. The van der Waals surface area contributed by atoms with Crippen LogP contribution in [-0.2, 0) is 19.3 Å². The van der Waals surface area contributed by atoms with Gasteiger partial charge in [-0.25, -0.2) is 0 Å². The number of hydrogen-bond donors (Lipinski definition) is 0. The predicted molar refractivity (Wildman–Crippen MR) is 147 cm³/mol. The Kier molecular flexibility index (Phi) is 6.34. The molecule has 5 rings (SSSR count). The molecule has 0 N–H and O–H groups in total. The van der Waals surface area contributed by atoms with Crippen LogP contribution in [0, 0.1) is 5.92 Å². The van der Waals surface area contributed by atoms with Crippen molar-refractivity contribution < 1.29 is 0 Å². The van der Waals surface area contributed by atoms with Gasteiger partial charge < -0.3 is 0 Å². The molecule has 0 heteroatoms. The van der Waals surface area contributed by atoms with Crippen molar-refractivity contribution in [2.75, 3.05) is 0 Å². The molecule has 0 amide bonds. The van der Waals surface area contributed by atoms with Crippen LogP contribution in [0.25, 0.3) is 6.08 Å².